The van der Waals surface area contributed by atoms with Crippen molar-refractivity contribution >= 4 is 28.5 Å². The Bertz CT molecular complexity index is 1090. The number of pyridine rings is 1. The number of hydrogen-bond donors (Lipinski definition) is 0. The van der Waals surface area contributed by atoms with Crippen molar-refractivity contribution in [2.45, 2.75) is 58.9 Å². The molecule has 0 bridgehead atoms. The maximum atomic E-state index is 12.8. The topological polar surface area (TPSA) is 57.0 Å². The number of fused-ring (bicyclic) bond motifs is 1. The highest BCUT2D eigenvalue weighted by Gasteiger charge is 2.43. The number of aryl methyl sites for hydroxylation is 3. The van der Waals surface area contributed by atoms with Gasteiger partial charge in [-0.15, -0.1) is 11.3 Å². The van der Waals surface area contributed by atoms with E-state index in [-0.39, 0.29) is 5.97 Å². The number of carbonyl (C=O) groups excluding carboxylic acids is 1. The van der Waals surface area contributed by atoms with Gasteiger partial charge in [0.25, 0.3) is 0 Å². The molecule has 29 heavy (non-hydrogen) atoms. The molecule has 3 aromatic heterocycles. The van der Waals surface area contributed by atoms with Gasteiger partial charge in [-0.05, 0) is 57.4 Å². The predicted molar refractivity (Wildman–Crippen MR) is 116 cm³/mol. The van der Waals surface area contributed by atoms with Crippen LogP contribution in [0.4, 0.5) is 0 Å². The molecule has 0 N–H and O–H groups in total. The Kier molecular flexibility index (Phi) is 5.30. The van der Waals surface area contributed by atoms with Gasteiger partial charge in [-0.25, -0.2) is 9.97 Å². The fourth-order valence-corrected chi connectivity index (χ4v) is 5.34. The summed E-state index contributed by atoms with van der Waals surface area (Å²) >= 11 is 1.70. The zero-order chi connectivity index (χ0) is 20.6. The van der Waals surface area contributed by atoms with Crippen LogP contribution in [-0.2, 0) is 27.9 Å². The standard InChI is InChI=1S/C23H27N3O2S/c1-5-19-25-20-15(3)13-16(4)24-21(20)26(19)14-17-9-10-18(29-17)23(11-7-8-12-23)22(27)28-6-2/h7-10,13H,5-6,11-12,14H2,1-4H3. The third-order valence-corrected chi connectivity index (χ3v) is 6.90. The van der Waals surface area contributed by atoms with Crippen molar-refractivity contribution in [3.05, 3.63) is 57.2 Å². The molecular weight excluding hydrogens is 382 g/mol. The Hall–Kier alpha value is -2.47. The highest BCUT2D eigenvalue weighted by Crippen LogP contribution is 2.42. The molecule has 5 nitrogen and oxygen atoms in total. The normalized spacial score (nSPS) is 15.3. The first-order chi connectivity index (χ1) is 14.0. The highest BCUT2D eigenvalue weighted by molar-refractivity contribution is 7.12. The molecule has 0 fully saturated rings. The highest BCUT2D eigenvalue weighted by atomic mass is 32.1. The maximum absolute atomic E-state index is 12.8. The van der Waals surface area contributed by atoms with Crippen molar-refractivity contribution in [1.29, 1.82) is 0 Å². The molecule has 3 aromatic rings. The van der Waals surface area contributed by atoms with Crippen molar-refractivity contribution in [2.24, 2.45) is 0 Å². The van der Waals surface area contributed by atoms with E-state index in [4.69, 9.17) is 14.7 Å². The summed E-state index contributed by atoms with van der Waals surface area (Å²) < 4.78 is 7.64. The average molecular weight is 410 g/mol. The first-order valence-electron chi connectivity index (χ1n) is 10.2. The van der Waals surface area contributed by atoms with Gasteiger partial charge in [-0.3, -0.25) is 4.79 Å². The van der Waals surface area contributed by atoms with Gasteiger partial charge in [0.05, 0.1) is 13.2 Å². The minimum atomic E-state index is -0.561. The lowest BCUT2D eigenvalue weighted by atomic mass is 9.84. The predicted octanol–water partition coefficient (Wildman–Crippen LogP) is 4.87. The van der Waals surface area contributed by atoms with Crippen molar-refractivity contribution in [3.63, 3.8) is 0 Å². The van der Waals surface area contributed by atoms with E-state index in [1.807, 2.05) is 13.8 Å². The molecular formula is C23H27N3O2S. The van der Waals surface area contributed by atoms with E-state index in [2.05, 4.69) is 48.8 Å². The van der Waals surface area contributed by atoms with E-state index in [1.54, 1.807) is 11.3 Å². The van der Waals surface area contributed by atoms with Crippen molar-refractivity contribution < 1.29 is 9.53 Å². The summed E-state index contributed by atoms with van der Waals surface area (Å²) in [6, 6.07) is 6.31. The SMILES string of the molecule is CCOC(=O)C1(c2ccc(Cn3c(CC)nc4c(C)cc(C)nc43)s2)CC=CC1. The molecule has 3 heterocycles. The lowest BCUT2D eigenvalue weighted by Crippen LogP contribution is -2.34. The Morgan fingerprint density at radius 2 is 1.97 bits per heavy atom. The van der Waals surface area contributed by atoms with Gasteiger partial charge in [0, 0.05) is 21.9 Å². The Morgan fingerprint density at radius 3 is 2.66 bits per heavy atom. The molecule has 1 aliphatic carbocycles. The Morgan fingerprint density at radius 1 is 1.21 bits per heavy atom. The summed E-state index contributed by atoms with van der Waals surface area (Å²) in [5, 5.41) is 0. The molecule has 152 valence electrons. The second kappa shape index (κ2) is 7.75. The van der Waals surface area contributed by atoms with Gasteiger partial charge in [0.2, 0.25) is 0 Å². The van der Waals surface area contributed by atoms with E-state index in [0.29, 0.717) is 26.0 Å². The summed E-state index contributed by atoms with van der Waals surface area (Å²) in [5.41, 5.74) is 3.52. The van der Waals surface area contributed by atoms with Gasteiger partial charge in [0.1, 0.15) is 16.8 Å². The summed E-state index contributed by atoms with van der Waals surface area (Å²) in [4.78, 5) is 24.7. The van der Waals surface area contributed by atoms with Gasteiger partial charge in [-0.1, -0.05) is 19.1 Å². The fourth-order valence-electron chi connectivity index (χ4n) is 4.15. The van der Waals surface area contributed by atoms with E-state index in [0.717, 1.165) is 39.5 Å². The zero-order valence-electron chi connectivity index (χ0n) is 17.5. The van der Waals surface area contributed by atoms with Crippen LogP contribution in [-0.4, -0.2) is 27.1 Å². The number of thiophene rings is 1. The van der Waals surface area contributed by atoms with Gasteiger partial charge >= 0.3 is 5.97 Å². The molecule has 4 rings (SSSR count). The van der Waals surface area contributed by atoms with Crippen LogP contribution in [0.3, 0.4) is 0 Å². The number of carbonyl (C=O) groups is 1. The number of imidazole rings is 1. The molecule has 0 saturated carbocycles. The molecule has 0 saturated heterocycles. The molecule has 0 amide bonds. The van der Waals surface area contributed by atoms with Gasteiger partial charge in [0.15, 0.2) is 5.65 Å². The lowest BCUT2D eigenvalue weighted by molar-refractivity contribution is -0.149. The largest absolute Gasteiger partial charge is 0.465 e. The van der Waals surface area contributed by atoms with Crippen molar-refractivity contribution in [1.82, 2.24) is 14.5 Å². The fraction of sp³-hybridized carbons (Fsp3) is 0.435. The molecule has 1 aliphatic rings. The van der Waals surface area contributed by atoms with Crippen LogP contribution < -0.4 is 0 Å². The van der Waals surface area contributed by atoms with E-state index >= 15 is 0 Å². The summed E-state index contributed by atoms with van der Waals surface area (Å²) in [6.07, 6.45) is 6.44. The maximum Gasteiger partial charge on any atom is 0.318 e. The monoisotopic (exact) mass is 409 g/mol. The van der Waals surface area contributed by atoms with Crippen molar-refractivity contribution in [3.8, 4) is 0 Å². The second-order valence-corrected chi connectivity index (χ2v) is 8.84. The van der Waals surface area contributed by atoms with E-state index in [1.165, 1.54) is 4.88 Å². The minimum absolute atomic E-state index is 0.117. The third kappa shape index (κ3) is 3.39. The van der Waals surface area contributed by atoms with Crippen LogP contribution >= 0.6 is 11.3 Å². The third-order valence-electron chi connectivity index (χ3n) is 5.63. The quantitative estimate of drug-likeness (QED) is 0.430. The molecule has 0 spiro atoms. The number of rotatable bonds is 6. The number of ether oxygens (including phenoxy) is 1. The Labute approximate surface area is 175 Å². The second-order valence-electron chi connectivity index (χ2n) is 7.67. The first-order valence-corrected chi connectivity index (χ1v) is 11.0. The van der Waals surface area contributed by atoms with Crippen LogP contribution in [0, 0.1) is 13.8 Å². The average Bonchev–Trinajstić information content (AvgIpc) is 3.42. The molecule has 0 atom stereocenters. The summed E-state index contributed by atoms with van der Waals surface area (Å²) in [5.74, 6) is 0.924. The number of nitrogens with zero attached hydrogens (tertiary/aromatic N) is 3. The van der Waals surface area contributed by atoms with Gasteiger partial charge < -0.3 is 9.30 Å². The van der Waals surface area contributed by atoms with E-state index in [9.17, 15) is 4.79 Å². The van der Waals surface area contributed by atoms with Crippen LogP contribution in [0.25, 0.3) is 11.2 Å². The number of allylic oxidation sites excluding steroid dienone is 2. The first kappa shape index (κ1) is 19.8. The number of hydrogen-bond acceptors (Lipinski definition) is 5. The minimum Gasteiger partial charge on any atom is -0.465 e. The number of esters is 1. The van der Waals surface area contributed by atoms with Crippen LogP contribution in [0.5, 0.6) is 0 Å². The zero-order valence-corrected chi connectivity index (χ0v) is 18.3. The smallest absolute Gasteiger partial charge is 0.318 e. The summed E-state index contributed by atoms with van der Waals surface area (Å²) in [6.45, 7) is 9.22. The summed E-state index contributed by atoms with van der Waals surface area (Å²) in [7, 11) is 0. The van der Waals surface area contributed by atoms with Crippen LogP contribution in [0.1, 0.15) is 53.5 Å². The molecule has 6 heteroatoms. The lowest BCUT2D eigenvalue weighted by Gasteiger charge is -2.25. The van der Waals surface area contributed by atoms with Crippen molar-refractivity contribution in [2.75, 3.05) is 6.61 Å². The molecule has 0 aliphatic heterocycles. The molecule has 0 radical (unpaired) electrons. The van der Waals surface area contributed by atoms with Crippen LogP contribution in [0.15, 0.2) is 30.4 Å². The molecule has 0 aromatic carbocycles. The van der Waals surface area contributed by atoms with Gasteiger partial charge in [-0.2, -0.15) is 0 Å². The van der Waals surface area contributed by atoms with Crippen LogP contribution in [0.2, 0.25) is 0 Å². The van der Waals surface area contributed by atoms with E-state index < -0.39 is 5.41 Å². The number of aromatic nitrogens is 3. The molecule has 0 unspecified atom stereocenters. The Balaban J connectivity index is 1.70.